The van der Waals surface area contributed by atoms with Crippen molar-refractivity contribution in [2.45, 2.75) is 39.5 Å². The third-order valence-corrected chi connectivity index (χ3v) is 4.98. The SMILES string of the molecule is CCn1cc([C@H]2OCC[C@H]2CNCc2cnc3cc(C)ccn23)cn1. The van der Waals surface area contributed by atoms with Crippen LogP contribution in [0.15, 0.2) is 36.9 Å². The molecule has 0 unspecified atom stereocenters. The van der Waals surface area contributed by atoms with Crippen LogP contribution < -0.4 is 5.32 Å². The van der Waals surface area contributed by atoms with E-state index in [1.54, 1.807) is 0 Å². The first-order valence-corrected chi connectivity index (χ1v) is 9.02. The van der Waals surface area contributed by atoms with E-state index >= 15 is 0 Å². The first-order valence-electron chi connectivity index (χ1n) is 9.02. The third kappa shape index (κ3) is 3.32. The van der Waals surface area contributed by atoms with E-state index in [1.807, 2.05) is 17.1 Å². The van der Waals surface area contributed by atoms with Crippen molar-refractivity contribution in [3.63, 3.8) is 0 Å². The maximum absolute atomic E-state index is 5.97. The van der Waals surface area contributed by atoms with Crippen LogP contribution in [0.5, 0.6) is 0 Å². The third-order valence-electron chi connectivity index (χ3n) is 4.98. The van der Waals surface area contributed by atoms with Crippen molar-refractivity contribution in [3.8, 4) is 0 Å². The number of pyridine rings is 1. The normalized spacial score (nSPS) is 20.6. The zero-order valence-corrected chi connectivity index (χ0v) is 14.9. The number of rotatable bonds is 6. The Labute approximate surface area is 147 Å². The summed E-state index contributed by atoms with van der Waals surface area (Å²) in [6.07, 6.45) is 9.33. The van der Waals surface area contributed by atoms with Crippen molar-refractivity contribution in [2.75, 3.05) is 13.2 Å². The number of aromatic nitrogens is 4. The fourth-order valence-corrected chi connectivity index (χ4v) is 3.56. The summed E-state index contributed by atoms with van der Waals surface area (Å²) in [6, 6.07) is 4.22. The van der Waals surface area contributed by atoms with Crippen molar-refractivity contribution < 1.29 is 4.74 Å². The zero-order chi connectivity index (χ0) is 17.2. The molecule has 0 aliphatic carbocycles. The van der Waals surface area contributed by atoms with E-state index < -0.39 is 0 Å². The first kappa shape index (κ1) is 16.3. The van der Waals surface area contributed by atoms with Crippen LogP contribution in [0, 0.1) is 12.8 Å². The molecule has 6 nitrogen and oxygen atoms in total. The molecule has 132 valence electrons. The second-order valence-electron chi connectivity index (χ2n) is 6.78. The Morgan fingerprint density at radius 1 is 1.36 bits per heavy atom. The molecule has 0 spiro atoms. The van der Waals surface area contributed by atoms with Gasteiger partial charge in [-0.2, -0.15) is 5.10 Å². The summed E-state index contributed by atoms with van der Waals surface area (Å²) in [5.41, 5.74) is 4.61. The lowest BCUT2D eigenvalue weighted by atomic mass is 9.97. The highest BCUT2D eigenvalue weighted by Crippen LogP contribution is 2.33. The number of hydrogen-bond acceptors (Lipinski definition) is 4. The first-order chi connectivity index (χ1) is 12.2. The predicted molar refractivity (Wildman–Crippen MR) is 96.3 cm³/mol. The number of ether oxygens (including phenoxy) is 1. The summed E-state index contributed by atoms with van der Waals surface area (Å²) in [5.74, 6) is 0.482. The van der Waals surface area contributed by atoms with E-state index in [0.717, 1.165) is 38.3 Å². The summed E-state index contributed by atoms with van der Waals surface area (Å²) in [4.78, 5) is 4.49. The van der Waals surface area contributed by atoms with Crippen LogP contribution in [-0.2, 0) is 17.8 Å². The highest BCUT2D eigenvalue weighted by atomic mass is 16.5. The number of fused-ring (bicyclic) bond motifs is 1. The topological polar surface area (TPSA) is 56.4 Å². The van der Waals surface area contributed by atoms with E-state index in [9.17, 15) is 0 Å². The number of aryl methyl sites for hydroxylation is 2. The van der Waals surface area contributed by atoms with Crippen molar-refractivity contribution in [3.05, 3.63) is 53.7 Å². The molecule has 4 rings (SSSR count). The summed E-state index contributed by atoms with van der Waals surface area (Å²) in [5, 5.41) is 7.97. The fourth-order valence-electron chi connectivity index (χ4n) is 3.56. The summed E-state index contributed by atoms with van der Waals surface area (Å²) in [6.45, 7) is 7.64. The highest BCUT2D eigenvalue weighted by molar-refractivity contribution is 5.42. The molecule has 0 saturated carbocycles. The van der Waals surface area contributed by atoms with Gasteiger partial charge in [-0.05, 0) is 38.0 Å². The molecular weight excluding hydrogens is 314 g/mol. The number of hydrogen-bond donors (Lipinski definition) is 1. The van der Waals surface area contributed by atoms with Crippen LogP contribution in [0.1, 0.15) is 36.3 Å². The van der Waals surface area contributed by atoms with Crippen molar-refractivity contribution in [2.24, 2.45) is 5.92 Å². The van der Waals surface area contributed by atoms with Crippen LogP contribution >= 0.6 is 0 Å². The van der Waals surface area contributed by atoms with Gasteiger partial charge in [-0.3, -0.25) is 4.68 Å². The van der Waals surface area contributed by atoms with Gasteiger partial charge in [0.1, 0.15) is 5.65 Å². The van der Waals surface area contributed by atoms with Crippen LogP contribution in [0.2, 0.25) is 0 Å². The Kier molecular flexibility index (Phi) is 4.55. The van der Waals surface area contributed by atoms with Crippen LogP contribution in [0.25, 0.3) is 5.65 Å². The van der Waals surface area contributed by atoms with Gasteiger partial charge in [0.25, 0.3) is 0 Å². The lowest BCUT2D eigenvalue weighted by Gasteiger charge is -2.17. The van der Waals surface area contributed by atoms with E-state index in [-0.39, 0.29) is 6.10 Å². The molecular formula is C19H25N5O. The molecule has 6 heteroatoms. The van der Waals surface area contributed by atoms with Crippen molar-refractivity contribution >= 4 is 5.65 Å². The molecule has 1 fully saturated rings. The van der Waals surface area contributed by atoms with Crippen LogP contribution in [0.3, 0.4) is 0 Å². The van der Waals surface area contributed by atoms with Gasteiger partial charge in [0.2, 0.25) is 0 Å². The minimum Gasteiger partial charge on any atom is -0.373 e. The average molecular weight is 339 g/mol. The van der Waals surface area contributed by atoms with Gasteiger partial charge in [-0.1, -0.05) is 0 Å². The molecule has 3 aromatic rings. The maximum Gasteiger partial charge on any atom is 0.137 e. The highest BCUT2D eigenvalue weighted by Gasteiger charge is 2.30. The van der Waals surface area contributed by atoms with Crippen molar-refractivity contribution in [1.82, 2.24) is 24.5 Å². The zero-order valence-electron chi connectivity index (χ0n) is 14.9. The minimum atomic E-state index is 0.151. The molecule has 1 N–H and O–H groups in total. The Bertz CT molecular complexity index is 852. The Morgan fingerprint density at radius 2 is 2.28 bits per heavy atom. The number of nitrogens with one attached hydrogen (secondary N) is 1. The quantitative estimate of drug-likeness (QED) is 0.750. The Hall–Kier alpha value is -2.18. The molecule has 1 aliphatic heterocycles. The number of nitrogens with zero attached hydrogens (tertiary/aromatic N) is 4. The second kappa shape index (κ2) is 6.98. The van der Waals surface area contributed by atoms with Gasteiger partial charge in [-0.25, -0.2) is 4.98 Å². The van der Waals surface area contributed by atoms with E-state index in [4.69, 9.17) is 4.74 Å². The molecule has 1 saturated heterocycles. The molecule has 0 aromatic carbocycles. The summed E-state index contributed by atoms with van der Waals surface area (Å²) >= 11 is 0. The predicted octanol–water partition coefficient (Wildman–Crippen LogP) is 2.73. The smallest absolute Gasteiger partial charge is 0.137 e. The van der Waals surface area contributed by atoms with E-state index in [1.165, 1.54) is 16.8 Å². The minimum absolute atomic E-state index is 0.151. The van der Waals surface area contributed by atoms with Gasteiger partial charge in [0.15, 0.2) is 0 Å². The monoisotopic (exact) mass is 339 g/mol. The van der Waals surface area contributed by atoms with Crippen molar-refractivity contribution in [1.29, 1.82) is 0 Å². The second-order valence-corrected chi connectivity index (χ2v) is 6.78. The lowest BCUT2D eigenvalue weighted by molar-refractivity contribution is 0.0903. The van der Waals surface area contributed by atoms with Gasteiger partial charge >= 0.3 is 0 Å². The van der Waals surface area contributed by atoms with Gasteiger partial charge < -0.3 is 14.5 Å². The maximum atomic E-state index is 5.97. The van der Waals surface area contributed by atoms with Crippen LogP contribution in [0.4, 0.5) is 0 Å². The molecule has 0 bridgehead atoms. The molecule has 2 atom stereocenters. The standard InChI is InChI=1S/C19H25N5O/c1-3-23-13-16(10-22-23)19-15(5-7-25-19)9-20-11-17-12-21-18-8-14(2)4-6-24(17)18/h4,6,8,10,12-13,15,19-20H,3,5,7,9,11H2,1-2H3/t15-,19-/m0/s1. The van der Waals surface area contributed by atoms with Crippen LogP contribution in [-0.4, -0.2) is 32.3 Å². The molecule has 4 heterocycles. The lowest BCUT2D eigenvalue weighted by Crippen LogP contribution is -2.25. The molecule has 3 aromatic heterocycles. The Morgan fingerprint density at radius 3 is 3.12 bits per heavy atom. The molecule has 0 amide bonds. The van der Waals surface area contributed by atoms with Gasteiger partial charge in [0, 0.05) is 50.1 Å². The molecule has 1 aliphatic rings. The summed E-state index contributed by atoms with van der Waals surface area (Å²) in [7, 11) is 0. The van der Waals surface area contributed by atoms with E-state index in [0.29, 0.717) is 5.92 Å². The largest absolute Gasteiger partial charge is 0.373 e. The molecule has 25 heavy (non-hydrogen) atoms. The Balaban J connectivity index is 1.38. The van der Waals surface area contributed by atoms with Gasteiger partial charge in [-0.15, -0.1) is 0 Å². The van der Waals surface area contributed by atoms with E-state index in [2.05, 4.69) is 58.2 Å². The van der Waals surface area contributed by atoms with Gasteiger partial charge in [0.05, 0.1) is 24.2 Å². The number of imidazole rings is 1. The fraction of sp³-hybridized carbons (Fsp3) is 0.474. The summed E-state index contributed by atoms with van der Waals surface area (Å²) < 4.78 is 10.1. The average Bonchev–Trinajstić information content (AvgIpc) is 3.33. The molecule has 0 radical (unpaired) electrons.